The van der Waals surface area contributed by atoms with Crippen molar-refractivity contribution in [3.05, 3.63) is 71.8 Å². The van der Waals surface area contributed by atoms with E-state index in [1.807, 2.05) is 0 Å². The van der Waals surface area contributed by atoms with E-state index in [0.29, 0.717) is 12.5 Å². The number of aliphatic hydroxyl groups is 1. The van der Waals surface area contributed by atoms with Gasteiger partial charge in [-0.15, -0.1) is 0 Å². The Morgan fingerprint density at radius 3 is 1.83 bits per heavy atom. The van der Waals surface area contributed by atoms with Gasteiger partial charge in [0.1, 0.15) is 0 Å². The topological polar surface area (TPSA) is 23.5 Å². The predicted octanol–water partition coefficient (Wildman–Crippen LogP) is 4.49. The lowest BCUT2D eigenvalue weighted by molar-refractivity contribution is 0.193. The normalized spacial score (nSPS) is 12.5. The van der Waals surface area contributed by atoms with Crippen LogP contribution in [0.25, 0.3) is 0 Å². The van der Waals surface area contributed by atoms with Crippen LogP contribution in [-0.4, -0.2) is 23.2 Å². The monoisotopic (exact) mass is 311 g/mol. The standard InChI is InChI=1S/C21H29NO/c1-2-19(14-9-15-23)16-22(17-20-10-5-3-6-11-20)18-21-12-7-4-8-13-21/h3-8,10-13,19,23H,2,9,14-18H2,1H3. The van der Waals surface area contributed by atoms with Gasteiger partial charge in [0, 0.05) is 26.2 Å². The van der Waals surface area contributed by atoms with Crippen molar-refractivity contribution < 1.29 is 5.11 Å². The first-order valence-electron chi connectivity index (χ1n) is 8.73. The Balaban J connectivity index is 2.03. The number of aliphatic hydroxyl groups excluding tert-OH is 1. The first-order valence-corrected chi connectivity index (χ1v) is 8.73. The quantitative estimate of drug-likeness (QED) is 0.699. The molecule has 0 saturated heterocycles. The maximum absolute atomic E-state index is 9.10. The molecule has 2 nitrogen and oxygen atoms in total. The molecule has 0 aromatic heterocycles. The van der Waals surface area contributed by atoms with Crippen molar-refractivity contribution in [1.82, 2.24) is 4.90 Å². The van der Waals surface area contributed by atoms with E-state index < -0.39 is 0 Å². The van der Waals surface area contributed by atoms with Crippen LogP contribution in [0.15, 0.2) is 60.7 Å². The molecule has 0 bridgehead atoms. The van der Waals surface area contributed by atoms with Gasteiger partial charge in [-0.1, -0.05) is 74.0 Å². The van der Waals surface area contributed by atoms with Gasteiger partial charge in [-0.2, -0.15) is 0 Å². The van der Waals surface area contributed by atoms with Crippen LogP contribution in [0, 0.1) is 5.92 Å². The highest BCUT2D eigenvalue weighted by Gasteiger charge is 2.13. The van der Waals surface area contributed by atoms with Crippen LogP contribution in [0.3, 0.4) is 0 Å². The van der Waals surface area contributed by atoms with Crippen molar-refractivity contribution in [1.29, 1.82) is 0 Å². The molecule has 2 heteroatoms. The summed E-state index contributed by atoms with van der Waals surface area (Å²) in [5, 5.41) is 9.10. The van der Waals surface area contributed by atoms with Gasteiger partial charge in [-0.3, -0.25) is 4.90 Å². The first kappa shape index (κ1) is 17.7. The maximum Gasteiger partial charge on any atom is 0.0431 e. The SMILES string of the molecule is CCC(CCCO)CN(Cc1ccccc1)Cc1ccccc1. The molecular formula is C21H29NO. The van der Waals surface area contributed by atoms with Crippen LogP contribution in [0.2, 0.25) is 0 Å². The van der Waals surface area contributed by atoms with Gasteiger partial charge in [-0.05, 0) is 29.9 Å². The van der Waals surface area contributed by atoms with Crippen LogP contribution < -0.4 is 0 Å². The summed E-state index contributed by atoms with van der Waals surface area (Å²) in [5.41, 5.74) is 2.72. The summed E-state index contributed by atoms with van der Waals surface area (Å²) in [6.07, 6.45) is 3.18. The smallest absolute Gasteiger partial charge is 0.0431 e. The van der Waals surface area contributed by atoms with Crippen LogP contribution in [0.5, 0.6) is 0 Å². The second kappa shape index (κ2) is 10.2. The Kier molecular flexibility index (Phi) is 7.85. The summed E-state index contributed by atoms with van der Waals surface area (Å²) < 4.78 is 0. The van der Waals surface area contributed by atoms with Crippen LogP contribution in [-0.2, 0) is 13.1 Å². The van der Waals surface area contributed by atoms with E-state index in [0.717, 1.165) is 32.5 Å². The third-order valence-electron chi connectivity index (χ3n) is 4.36. The second-order valence-electron chi connectivity index (χ2n) is 6.28. The maximum atomic E-state index is 9.10. The molecule has 1 N–H and O–H groups in total. The molecule has 0 amide bonds. The molecule has 2 aromatic carbocycles. The average molecular weight is 311 g/mol. The Bertz CT molecular complexity index is 485. The van der Waals surface area contributed by atoms with E-state index >= 15 is 0 Å². The lowest BCUT2D eigenvalue weighted by Crippen LogP contribution is -2.29. The first-order chi connectivity index (χ1) is 11.3. The van der Waals surface area contributed by atoms with Gasteiger partial charge in [0.25, 0.3) is 0 Å². The van der Waals surface area contributed by atoms with Gasteiger partial charge in [-0.25, -0.2) is 0 Å². The molecule has 124 valence electrons. The fourth-order valence-corrected chi connectivity index (χ4v) is 3.04. The Morgan fingerprint density at radius 1 is 0.870 bits per heavy atom. The Hall–Kier alpha value is -1.64. The Labute approximate surface area is 140 Å². The zero-order valence-electron chi connectivity index (χ0n) is 14.2. The van der Waals surface area contributed by atoms with E-state index in [4.69, 9.17) is 5.11 Å². The molecule has 2 aromatic rings. The van der Waals surface area contributed by atoms with Crippen molar-refractivity contribution in [3.8, 4) is 0 Å². The van der Waals surface area contributed by atoms with Gasteiger partial charge in [0.05, 0.1) is 0 Å². The summed E-state index contributed by atoms with van der Waals surface area (Å²) in [5.74, 6) is 0.648. The van der Waals surface area contributed by atoms with Crippen molar-refractivity contribution in [2.75, 3.05) is 13.2 Å². The van der Waals surface area contributed by atoms with E-state index in [1.54, 1.807) is 0 Å². The third-order valence-corrected chi connectivity index (χ3v) is 4.36. The molecule has 0 aliphatic rings. The molecular weight excluding hydrogens is 282 g/mol. The summed E-state index contributed by atoms with van der Waals surface area (Å²) in [6, 6.07) is 21.4. The minimum Gasteiger partial charge on any atom is -0.396 e. The van der Waals surface area contributed by atoms with Gasteiger partial charge in [0.15, 0.2) is 0 Å². The predicted molar refractivity (Wildman–Crippen MR) is 97.1 cm³/mol. The number of benzene rings is 2. The molecule has 1 unspecified atom stereocenters. The molecule has 0 saturated carbocycles. The molecule has 0 fully saturated rings. The van der Waals surface area contributed by atoms with Crippen LogP contribution in [0.4, 0.5) is 0 Å². The van der Waals surface area contributed by atoms with Crippen LogP contribution >= 0.6 is 0 Å². The summed E-state index contributed by atoms with van der Waals surface area (Å²) >= 11 is 0. The number of nitrogens with zero attached hydrogens (tertiary/aromatic N) is 1. The molecule has 1 atom stereocenters. The molecule has 0 aliphatic carbocycles. The number of rotatable bonds is 10. The van der Waals surface area contributed by atoms with Gasteiger partial charge >= 0.3 is 0 Å². The number of hydrogen-bond acceptors (Lipinski definition) is 2. The lowest BCUT2D eigenvalue weighted by Gasteiger charge is -2.27. The van der Waals surface area contributed by atoms with Crippen molar-refractivity contribution in [2.45, 2.75) is 39.3 Å². The summed E-state index contributed by atoms with van der Waals surface area (Å²) in [4.78, 5) is 2.54. The molecule has 0 aliphatic heterocycles. The van der Waals surface area contributed by atoms with Crippen LogP contribution in [0.1, 0.15) is 37.3 Å². The van der Waals surface area contributed by atoms with Gasteiger partial charge in [0.2, 0.25) is 0 Å². The molecule has 23 heavy (non-hydrogen) atoms. The molecule has 0 heterocycles. The zero-order chi connectivity index (χ0) is 16.3. The molecule has 0 radical (unpaired) electrons. The van der Waals surface area contributed by atoms with Gasteiger partial charge < -0.3 is 5.11 Å². The van der Waals surface area contributed by atoms with Crippen molar-refractivity contribution in [2.24, 2.45) is 5.92 Å². The fourth-order valence-electron chi connectivity index (χ4n) is 3.04. The second-order valence-corrected chi connectivity index (χ2v) is 6.28. The van der Waals surface area contributed by atoms with E-state index in [1.165, 1.54) is 17.5 Å². The highest BCUT2D eigenvalue weighted by molar-refractivity contribution is 5.17. The highest BCUT2D eigenvalue weighted by Crippen LogP contribution is 2.17. The minimum absolute atomic E-state index is 0.299. The highest BCUT2D eigenvalue weighted by atomic mass is 16.2. The van der Waals surface area contributed by atoms with E-state index in [9.17, 15) is 0 Å². The fraction of sp³-hybridized carbons (Fsp3) is 0.429. The summed E-state index contributed by atoms with van der Waals surface area (Å²) in [6.45, 7) is 5.59. The average Bonchev–Trinajstić information content (AvgIpc) is 2.60. The van der Waals surface area contributed by atoms with E-state index in [-0.39, 0.29) is 0 Å². The summed E-state index contributed by atoms with van der Waals surface area (Å²) in [7, 11) is 0. The molecule has 0 spiro atoms. The van der Waals surface area contributed by atoms with Crippen molar-refractivity contribution in [3.63, 3.8) is 0 Å². The molecule has 2 rings (SSSR count). The lowest BCUT2D eigenvalue weighted by atomic mass is 9.99. The Morgan fingerprint density at radius 2 is 1.39 bits per heavy atom. The zero-order valence-corrected chi connectivity index (χ0v) is 14.2. The third kappa shape index (κ3) is 6.55. The van der Waals surface area contributed by atoms with Crippen molar-refractivity contribution >= 4 is 0 Å². The van der Waals surface area contributed by atoms with E-state index in [2.05, 4.69) is 72.5 Å². The largest absolute Gasteiger partial charge is 0.396 e. The minimum atomic E-state index is 0.299. The number of hydrogen-bond donors (Lipinski definition) is 1.